The molecule has 8 nitrogen and oxygen atoms in total. The molecule has 1 unspecified atom stereocenters. The third kappa shape index (κ3) is 6.43. The van der Waals surface area contributed by atoms with Gasteiger partial charge in [0.25, 0.3) is 0 Å². The van der Waals surface area contributed by atoms with Crippen molar-refractivity contribution in [2.45, 2.75) is 26.4 Å². The summed E-state index contributed by atoms with van der Waals surface area (Å²) in [6.07, 6.45) is 0. The molecular weight excluding hydrogens is 471 g/mol. The minimum Gasteiger partial charge on any atom is -0.355 e. The predicted octanol–water partition coefficient (Wildman–Crippen LogP) is 2.65. The first kappa shape index (κ1) is 26.6. The van der Waals surface area contributed by atoms with Crippen LogP contribution in [0.1, 0.15) is 19.4 Å². The van der Waals surface area contributed by atoms with Gasteiger partial charge in [-0.05, 0) is 37.6 Å². The summed E-state index contributed by atoms with van der Waals surface area (Å²) in [7, 11) is -1.66. The van der Waals surface area contributed by atoms with Crippen LogP contribution >= 0.6 is 11.6 Å². The van der Waals surface area contributed by atoms with E-state index in [9.17, 15) is 22.4 Å². The van der Waals surface area contributed by atoms with Crippen molar-refractivity contribution < 1.29 is 22.4 Å². The third-order valence-electron chi connectivity index (χ3n) is 4.96. The maximum Gasteiger partial charge on any atom is 0.304 e. The van der Waals surface area contributed by atoms with Crippen LogP contribution in [0.5, 0.6) is 0 Å². The number of para-hydroxylation sites is 1. The number of benzene rings is 2. The molecule has 0 aliphatic carbocycles. The smallest absolute Gasteiger partial charge is 0.304 e. The lowest BCUT2D eigenvalue weighted by molar-refractivity contribution is -0.139. The molecule has 2 aromatic carbocycles. The second-order valence-electron chi connectivity index (χ2n) is 7.43. The average Bonchev–Trinajstić information content (AvgIpc) is 2.76. The highest BCUT2D eigenvalue weighted by Gasteiger charge is 2.33. The summed E-state index contributed by atoms with van der Waals surface area (Å²) in [6, 6.07) is 11.2. The molecule has 11 heteroatoms. The normalized spacial score (nSPS) is 12.3. The van der Waals surface area contributed by atoms with Crippen molar-refractivity contribution in [3.63, 3.8) is 0 Å². The number of carbonyl (C=O) groups is 2. The molecule has 0 bridgehead atoms. The number of halogens is 2. The fourth-order valence-electron chi connectivity index (χ4n) is 3.07. The van der Waals surface area contributed by atoms with E-state index in [0.29, 0.717) is 21.4 Å². The van der Waals surface area contributed by atoms with Crippen LogP contribution in [0, 0.1) is 5.82 Å². The van der Waals surface area contributed by atoms with Crippen LogP contribution in [-0.4, -0.2) is 62.7 Å². The number of anilines is 1. The fourth-order valence-corrected chi connectivity index (χ4v) is 4.33. The molecule has 0 aromatic heterocycles. The van der Waals surface area contributed by atoms with E-state index in [-0.39, 0.29) is 12.2 Å². The number of hydrogen-bond donors (Lipinski definition) is 1. The van der Waals surface area contributed by atoms with Gasteiger partial charge in [-0.1, -0.05) is 41.9 Å². The van der Waals surface area contributed by atoms with Gasteiger partial charge in [-0.2, -0.15) is 12.7 Å². The first-order valence-electron chi connectivity index (χ1n) is 10.3. The van der Waals surface area contributed by atoms with E-state index in [1.807, 2.05) is 0 Å². The molecule has 0 heterocycles. The van der Waals surface area contributed by atoms with Gasteiger partial charge in [-0.3, -0.25) is 9.59 Å². The molecule has 0 saturated carbocycles. The molecule has 1 atom stereocenters. The molecule has 0 saturated heterocycles. The Morgan fingerprint density at radius 2 is 1.70 bits per heavy atom. The van der Waals surface area contributed by atoms with Crippen LogP contribution in [0.4, 0.5) is 10.1 Å². The predicted molar refractivity (Wildman–Crippen MR) is 127 cm³/mol. The molecule has 0 aliphatic heterocycles. The lowest BCUT2D eigenvalue weighted by Gasteiger charge is -2.33. The van der Waals surface area contributed by atoms with Gasteiger partial charge in [0.15, 0.2) is 0 Å². The number of carbonyl (C=O) groups excluding carboxylic acids is 2. The first-order chi connectivity index (χ1) is 15.5. The summed E-state index contributed by atoms with van der Waals surface area (Å²) in [6.45, 7) is 2.88. The maximum absolute atomic E-state index is 14.5. The number of likely N-dealkylation sites (N-methyl/N-ethyl adjacent to an activating group) is 1. The van der Waals surface area contributed by atoms with Gasteiger partial charge in [0.05, 0.1) is 5.69 Å². The standard InChI is InChI=1S/C22H28ClFN4O4S/c1-5-25-22(30)16(2)27(14-17-10-6-7-11-18(17)23)21(29)15-28(33(31,32)26(3)4)20-13-9-8-12-19(20)24/h6-13,16H,5,14-15H2,1-4H3,(H,25,30). The highest BCUT2D eigenvalue weighted by atomic mass is 35.5. The van der Waals surface area contributed by atoms with E-state index in [4.69, 9.17) is 11.6 Å². The summed E-state index contributed by atoms with van der Waals surface area (Å²) in [5.41, 5.74) is 0.305. The lowest BCUT2D eigenvalue weighted by Crippen LogP contribution is -2.52. The quantitative estimate of drug-likeness (QED) is 0.545. The summed E-state index contributed by atoms with van der Waals surface area (Å²) in [5, 5.41) is 3.05. The third-order valence-corrected chi connectivity index (χ3v) is 7.13. The first-order valence-corrected chi connectivity index (χ1v) is 12.0. The Morgan fingerprint density at radius 3 is 2.27 bits per heavy atom. The second-order valence-corrected chi connectivity index (χ2v) is 9.91. The van der Waals surface area contributed by atoms with Crippen LogP contribution in [0.3, 0.4) is 0 Å². The Morgan fingerprint density at radius 1 is 1.09 bits per heavy atom. The van der Waals surface area contributed by atoms with E-state index in [1.165, 1.54) is 44.1 Å². The van der Waals surface area contributed by atoms with Crippen molar-refractivity contribution in [3.8, 4) is 0 Å². The summed E-state index contributed by atoms with van der Waals surface area (Å²) in [4.78, 5) is 27.2. The molecule has 0 radical (unpaired) electrons. The van der Waals surface area contributed by atoms with Crippen molar-refractivity contribution in [2.24, 2.45) is 0 Å². The Hall–Kier alpha value is -2.69. The van der Waals surface area contributed by atoms with E-state index >= 15 is 0 Å². The monoisotopic (exact) mass is 498 g/mol. The Bertz CT molecular complexity index is 1100. The zero-order chi connectivity index (χ0) is 24.8. The van der Waals surface area contributed by atoms with Crippen LogP contribution in [0.15, 0.2) is 48.5 Å². The topological polar surface area (TPSA) is 90.0 Å². The second kappa shape index (κ2) is 11.4. The highest BCUT2D eigenvalue weighted by Crippen LogP contribution is 2.24. The molecule has 1 N–H and O–H groups in total. The fraction of sp³-hybridized carbons (Fsp3) is 0.364. The molecule has 0 fully saturated rings. The van der Waals surface area contributed by atoms with E-state index in [0.717, 1.165) is 10.4 Å². The van der Waals surface area contributed by atoms with Gasteiger partial charge >= 0.3 is 10.2 Å². The molecule has 180 valence electrons. The molecule has 2 amide bonds. The molecule has 33 heavy (non-hydrogen) atoms. The highest BCUT2D eigenvalue weighted by molar-refractivity contribution is 7.90. The van der Waals surface area contributed by atoms with Crippen molar-refractivity contribution in [2.75, 3.05) is 31.5 Å². The Kier molecular flexibility index (Phi) is 9.21. The zero-order valence-electron chi connectivity index (χ0n) is 19.0. The molecule has 0 aliphatic rings. The zero-order valence-corrected chi connectivity index (χ0v) is 20.5. The van der Waals surface area contributed by atoms with Crippen LogP contribution in [0.25, 0.3) is 0 Å². The average molecular weight is 499 g/mol. The number of nitrogens with zero attached hydrogens (tertiary/aromatic N) is 3. The van der Waals surface area contributed by atoms with Gasteiger partial charge < -0.3 is 10.2 Å². The van der Waals surface area contributed by atoms with E-state index in [2.05, 4.69) is 5.32 Å². The Balaban J connectivity index is 2.48. The van der Waals surface area contributed by atoms with E-state index < -0.39 is 40.4 Å². The molecular formula is C22H28ClFN4O4S. The van der Waals surface area contributed by atoms with Crippen LogP contribution in [-0.2, 0) is 26.3 Å². The van der Waals surface area contributed by atoms with Crippen LogP contribution < -0.4 is 9.62 Å². The van der Waals surface area contributed by atoms with Gasteiger partial charge in [0.1, 0.15) is 18.4 Å². The summed E-state index contributed by atoms with van der Waals surface area (Å²) >= 11 is 6.25. The minimum atomic E-state index is -4.23. The molecule has 2 aromatic rings. The summed E-state index contributed by atoms with van der Waals surface area (Å²) in [5.74, 6) is -1.90. The number of amides is 2. The molecule has 2 rings (SSSR count). The number of hydrogen-bond acceptors (Lipinski definition) is 4. The number of rotatable bonds is 10. The largest absolute Gasteiger partial charge is 0.355 e. The van der Waals surface area contributed by atoms with Crippen LogP contribution in [0.2, 0.25) is 5.02 Å². The minimum absolute atomic E-state index is 0.0378. The van der Waals surface area contributed by atoms with Crippen molar-refractivity contribution in [1.82, 2.24) is 14.5 Å². The Labute approximate surface area is 199 Å². The number of nitrogens with one attached hydrogen (secondary N) is 1. The van der Waals surface area contributed by atoms with Gasteiger partial charge in [-0.15, -0.1) is 0 Å². The lowest BCUT2D eigenvalue weighted by atomic mass is 10.1. The van der Waals surface area contributed by atoms with Gasteiger partial charge in [0.2, 0.25) is 11.8 Å². The summed E-state index contributed by atoms with van der Waals surface area (Å²) < 4.78 is 42.1. The SMILES string of the molecule is CCNC(=O)C(C)N(Cc1ccccc1Cl)C(=O)CN(c1ccccc1F)S(=O)(=O)N(C)C. The van der Waals surface area contributed by atoms with Crippen molar-refractivity contribution >= 4 is 39.3 Å². The molecule has 0 spiro atoms. The van der Waals surface area contributed by atoms with Crippen molar-refractivity contribution in [3.05, 3.63) is 64.9 Å². The van der Waals surface area contributed by atoms with Crippen molar-refractivity contribution in [1.29, 1.82) is 0 Å². The maximum atomic E-state index is 14.5. The van der Waals surface area contributed by atoms with E-state index in [1.54, 1.807) is 31.2 Å². The van der Waals surface area contributed by atoms with Gasteiger partial charge in [0, 0.05) is 32.2 Å². The van der Waals surface area contributed by atoms with Gasteiger partial charge in [-0.25, -0.2) is 8.70 Å².